The summed E-state index contributed by atoms with van der Waals surface area (Å²) in [6, 6.07) is 43.3. The minimum absolute atomic E-state index is 0.00281. The van der Waals surface area contributed by atoms with Crippen LogP contribution >= 0.6 is 0 Å². The molecular weight excluding hydrogens is 845 g/mol. The second kappa shape index (κ2) is 24.5. The Kier molecular flexibility index (Phi) is 18.6. The number of phenols is 2. The van der Waals surface area contributed by atoms with Crippen molar-refractivity contribution in [3.8, 4) is 11.5 Å². The highest BCUT2D eigenvalue weighted by Gasteiger charge is 2.36. The van der Waals surface area contributed by atoms with Crippen LogP contribution in [-0.2, 0) is 6.54 Å². The van der Waals surface area contributed by atoms with Gasteiger partial charge < -0.3 is 20.0 Å². The van der Waals surface area contributed by atoms with E-state index in [-0.39, 0.29) is 35.4 Å². The summed E-state index contributed by atoms with van der Waals surface area (Å²) in [5.74, 6) is 0.675. The van der Waals surface area contributed by atoms with Gasteiger partial charge in [0.05, 0.1) is 12.1 Å². The smallest absolute Gasteiger partial charge is 0.253 e. The minimum Gasteiger partial charge on any atom is -0.508 e. The summed E-state index contributed by atoms with van der Waals surface area (Å²) in [4.78, 5) is 39.4. The lowest BCUT2D eigenvalue weighted by atomic mass is 9.92. The van der Waals surface area contributed by atoms with E-state index in [0.717, 1.165) is 61.5 Å². The van der Waals surface area contributed by atoms with Crippen LogP contribution < -0.4 is 0 Å². The van der Waals surface area contributed by atoms with Crippen molar-refractivity contribution in [2.75, 3.05) is 58.9 Å². The van der Waals surface area contributed by atoms with E-state index in [1.54, 1.807) is 12.1 Å². The lowest BCUT2D eigenvalue weighted by Crippen LogP contribution is -2.57. The van der Waals surface area contributed by atoms with E-state index in [0.29, 0.717) is 61.5 Å². The number of hydrogen-bond donors (Lipinski definition) is 2. The van der Waals surface area contributed by atoms with Gasteiger partial charge in [-0.25, -0.2) is 0 Å². The van der Waals surface area contributed by atoms with Gasteiger partial charge in [-0.05, 0) is 132 Å². The molecule has 0 bridgehead atoms. The molecule has 0 aromatic heterocycles. The zero-order chi connectivity index (χ0) is 48.9. The topological polar surface area (TPSA) is 94.0 Å². The molecule has 2 amide bonds. The third-order valence-electron chi connectivity index (χ3n) is 14.0. The van der Waals surface area contributed by atoms with Crippen LogP contribution in [0.5, 0.6) is 11.5 Å². The summed E-state index contributed by atoms with van der Waals surface area (Å²) in [6.45, 7) is 29.4. The van der Waals surface area contributed by atoms with Crippen molar-refractivity contribution in [3.63, 3.8) is 0 Å². The molecule has 0 saturated carbocycles. The third kappa shape index (κ3) is 12.6. The van der Waals surface area contributed by atoms with E-state index in [9.17, 15) is 19.8 Å². The fourth-order valence-electron chi connectivity index (χ4n) is 10.2. The lowest BCUT2D eigenvalue weighted by Gasteiger charge is -2.47. The van der Waals surface area contributed by atoms with Gasteiger partial charge >= 0.3 is 0 Å². The number of phenolic OH excluding ortho intramolecular Hbond substituents is 2. The van der Waals surface area contributed by atoms with Gasteiger partial charge in [-0.2, -0.15) is 0 Å². The Morgan fingerprint density at radius 3 is 1.35 bits per heavy atom. The molecule has 0 aliphatic carbocycles. The van der Waals surface area contributed by atoms with Crippen molar-refractivity contribution in [2.24, 2.45) is 0 Å². The second-order valence-electron chi connectivity index (χ2n) is 18.6. The maximum Gasteiger partial charge on any atom is 0.253 e. The summed E-state index contributed by atoms with van der Waals surface area (Å²) in [5, 5.41) is 20.5. The van der Waals surface area contributed by atoms with Crippen LogP contribution in [0.1, 0.15) is 116 Å². The molecule has 7 rings (SSSR count). The average molecular weight is 921 g/mol. The summed E-state index contributed by atoms with van der Waals surface area (Å²) in [5.41, 5.74) is 7.14. The Bertz CT molecular complexity index is 2370. The molecular formula is C58H76N6O4. The Hall–Kier alpha value is -5.78. The predicted molar refractivity (Wildman–Crippen MR) is 277 cm³/mol. The van der Waals surface area contributed by atoms with E-state index in [4.69, 9.17) is 0 Å². The van der Waals surface area contributed by atoms with Crippen molar-refractivity contribution in [3.05, 3.63) is 179 Å². The molecule has 2 fully saturated rings. The number of hydrogen-bond acceptors (Lipinski definition) is 8. The fourth-order valence-corrected chi connectivity index (χ4v) is 10.2. The van der Waals surface area contributed by atoms with Crippen LogP contribution in [0.2, 0.25) is 0 Å². The average Bonchev–Trinajstić information content (AvgIpc) is 3.34. The summed E-state index contributed by atoms with van der Waals surface area (Å²) in [6.07, 6.45) is 1.97. The van der Waals surface area contributed by atoms with E-state index >= 15 is 0 Å². The normalized spacial score (nSPS) is 20.1. The van der Waals surface area contributed by atoms with E-state index in [2.05, 4.69) is 121 Å². The first kappa shape index (κ1) is 51.6. The van der Waals surface area contributed by atoms with Gasteiger partial charge in [0.2, 0.25) is 0 Å². The highest BCUT2D eigenvalue weighted by atomic mass is 16.3. The number of amides is 2. The van der Waals surface area contributed by atoms with Gasteiger partial charge in [-0.1, -0.05) is 84.9 Å². The van der Waals surface area contributed by atoms with Gasteiger partial charge in [-0.3, -0.25) is 29.2 Å². The number of aromatic hydroxyl groups is 2. The van der Waals surface area contributed by atoms with Crippen molar-refractivity contribution < 1.29 is 19.8 Å². The van der Waals surface area contributed by atoms with Crippen LogP contribution in [0.4, 0.5) is 0 Å². The zero-order valence-corrected chi connectivity index (χ0v) is 41.8. The number of rotatable bonds is 16. The van der Waals surface area contributed by atoms with E-state index < -0.39 is 0 Å². The molecule has 0 spiro atoms. The third-order valence-corrected chi connectivity index (χ3v) is 14.0. The fraction of sp³-hybridized carbons (Fsp3) is 0.414. The maximum absolute atomic E-state index is 12.9. The molecule has 68 heavy (non-hydrogen) atoms. The molecule has 0 radical (unpaired) electrons. The van der Waals surface area contributed by atoms with E-state index in [1.165, 1.54) is 5.56 Å². The molecule has 5 aromatic rings. The molecule has 6 atom stereocenters. The minimum atomic E-state index is -0.00830. The van der Waals surface area contributed by atoms with Gasteiger partial charge in [-0.15, -0.1) is 6.58 Å². The van der Waals surface area contributed by atoms with Crippen LogP contribution in [-0.4, -0.2) is 134 Å². The zero-order valence-electron chi connectivity index (χ0n) is 41.8. The van der Waals surface area contributed by atoms with Gasteiger partial charge in [0.15, 0.2) is 0 Å². The van der Waals surface area contributed by atoms with Crippen molar-refractivity contribution in [1.29, 1.82) is 0 Å². The lowest BCUT2D eigenvalue weighted by molar-refractivity contribution is 0.0195. The van der Waals surface area contributed by atoms with Gasteiger partial charge in [0.1, 0.15) is 11.5 Å². The largest absolute Gasteiger partial charge is 0.508 e. The molecule has 5 aromatic carbocycles. The highest BCUT2D eigenvalue weighted by molar-refractivity contribution is 5.94. The second-order valence-corrected chi connectivity index (χ2v) is 18.6. The van der Waals surface area contributed by atoms with Crippen LogP contribution in [0.25, 0.3) is 0 Å². The Morgan fingerprint density at radius 1 is 0.544 bits per heavy atom. The molecule has 362 valence electrons. The van der Waals surface area contributed by atoms with Crippen LogP contribution in [0.15, 0.2) is 140 Å². The SMILES string of the molecule is C=CCN1C[C@H](C)N([C@@H](c2ccc(C(=O)N(CC)CC)cc2)c2cccc(O)c2)C[C@H]1C.CCN(CC)C(=O)c1ccc([C@@H](c2cccc(O)c2)N2C[C@@H](C)N(Cc3ccccc3)C[C@@H]2C)cc1. The number of nitrogens with zero attached hydrogens (tertiary/aromatic N) is 6. The number of carbonyl (C=O) groups excluding carboxylic acids is 2. The number of benzene rings is 5. The first-order valence-electron chi connectivity index (χ1n) is 24.8. The van der Waals surface area contributed by atoms with Crippen molar-refractivity contribution >= 4 is 11.8 Å². The number of piperazine rings is 2. The monoisotopic (exact) mass is 921 g/mol. The first-order chi connectivity index (χ1) is 32.8. The standard InChI is InChI=1S/C31H39N3O2.C27H37N3O2/c1-5-32(6-2)31(36)27-17-15-26(16-18-27)30(28-13-10-14-29(35)19-28)34-21-23(3)33(20-24(34)4)22-25-11-8-7-9-12-25;1-6-16-29-18-21(5)30(19-20(29)4)26(24-10-9-11-25(31)17-24)22-12-14-23(15-13-22)27(32)28(7-2)8-3/h7-19,23-24,30,35H,5-6,20-22H2,1-4H3;6,9-15,17,20-21,26,31H,1,7-8,16,18-19H2,2-5H3/t23-,24+,30+;20-,21+,26+/m11/s1. The van der Waals surface area contributed by atoms with Crippen LogP contribution in [0, 0.1) is 0 Å². The number of carbonyl (C=O) groups is 2. The van der Waals surface area contributed by atoms with Gasteiger partial charge in [0, 0.05) is 101 Å². The summed E-state index contributed by atoms with van der Waals surface area (Å²) < 4.78 is 0. The molecule has 2 N–H and O–H groups in total. The molecule has 2 saturated heterocycles. The quantitative estimate of drug-likeness (QED) is 0.0946. The van der Waals surface area contributed by atoms with E-state index in [1.807, 2.05) is 92.1 Å². The Morgan fingerprint density at radius 2 is 0.956 bits per heavy atom. The summed E-state index contributed by atoms with van der Waals surface area (Å²) in [7, 11) is 0. The predicted octanol–water partition coefficient (Wildman–Crippen LogP) is 10.1. The first-order valence-corrected chi connectivity index (χ1v) is 24.8. The Balaban J connectivity index is 0.000000226. The molecule has 0 unspecified atom stereocenters. The molecule has 10 heteroatoms. The van der Waals surface area contributed by atoms with Crippen molar-refractivity contribution in [2.45, 2.75) is 98.2 Å². The molecule has 2 heterocycles. The van der Waals surface area contributed by atoms with Gasteiger partial charge in [0.25, 0.3) is 11.8 Å². The Labute approximate surface area is 407 Å². The van der Waals surface area contributed by atoms with Crippen molar-refractivity contribution in [1.82, 2.24) is 29.4 Å². The molecule has 10 nitrogen and oxygen atoms in total. The highest BCUT2D eigenvalue weighted by Crippen LogP contribution is 2.37. The molecule has 2 aliphatic heterocycles. The summed E-state index contributed by atoms with van der Waals surface area (Å²) >= 11 is 0. The maximum atomic E-state index is 12.9. The molecule has 2 aliphatic rings. The van der Waals surface area contributed by atoms with Crippen LogP contribution in [0.3, 0.4) is 0 Å².